The van der Waals surface area contributed by atoms with Gasteiger partial charge in [0.15, 0.2) is 0 Å². The monoisotopic (exact) mass is 504 g/mol. The van der Waals surface area contributed by atoms with Gasteiger partial charge in [-0.05, 0) is 59.3 Å². The summed E-state index contributed by atoms with van der Waals surface area (Å²) in [5.74, 6) is 0. The molecule has 0 bridgehead atoms. The SMILES string of the molecule is CCCC[N+](CCCC)(CCCC)CCCC.O=S(=O)([O-])/C=C/c1ccc(Br)nc1. The molecule has 0 atom stereocenters. The summed E-state index contributed by atoms with van der Waals surface area (Å²) in [5, 5.41) is 0.595. The molecule has 7 heteroatoms. The Bertz CT molecular complexity index is 639. The molecule has 0 spiro atoms. The van der Waals surface area contributed by atoms with Gasteiger partial charge in [-0.3, -0.25) is 0 Å². The zero-order valence-corrected chi connectivity index (χ0v) is 21.7. The number of unbranched alkanes of at least 4 members (excludes halogenated alkanes) is 4. The Hall–Kier alpha value is -0.760. The standard InChI is InChI=1S/C16H36N.C7H6BrNO3S/c1-5-9-13-17(14-10-6-2,15-11-7-3)16-12-8-4;8-7-2-1-6(5-9-7)3-4-13(10,11)12/h5-16H2,1-4H3;1-5H,(H,10,11,12)/q+1;/p-1/b;4-3+. The molecule has 1 aromatic rings. The van der Waals surface area contributed by atoms with Crippen molar-refractivity contribution in [2.45, 2.75) is 79.1 Å². The Kier molecular flexibility index (Phi) is 16.4. The highest BCUT2D eigenvalue weighted by atomic mass is 79.9. The summed E-state index contributed by atoms with van der Waals surface area (Å²) in [4.78, 5) is 3.85. The number of quaternary nitrogens is 1. The van der Waals surface area contributed by atoms with E-state index in [4.69, 9.17) is 0 Å². The zero-order chi connectivity index (χ0) is 22.9. The first kappa shape index (κ1) is 29.2. The number of rotatable bonds is 14. The van der Waals surface area contributed by atoms with Crippen LogP contribution < -0.4 is 0 Å². The first-order valence-corrected chi connectivity index (χ1v) is 13.6. The highest BCUT2D eigenvalue weighted by Crippen LogP contribution is 2.16. The first-order valence-electron chi connectivity index (χ1n) is 11.3. The van der Waals surface area contributed by atoms with Crippen molar-refractivity contribution in [3.05, 3.63) is 33.9 Å². The third-order valence-corrected chi connectivity index (χ3v) is 6.06. The minimum Gasteiger partial charge on any atom is -0.744 e. The van der Waals surface area contributed by atoms with Crippen molar-refractivity contribution in [1.29, 1.82) is 0 Å². The van der Waals surface area contributed by atoms with E-state index in [1.807, 2.05) is 0 Å². The highest BCUT2D eigenvalue weighted by Gasteiger charge is 2.24. The fourth-order valence-corrected chi connectivity index (χ4v) is 3.85. The summed E-state index contributed by atoms with van der Waals surface area (Å²) in [6.45, 7) is 15.0. The van der Waals surface area contributed by atoms with E-state index in [0.717, 1.165) is 0 Å². The quantitative estimate of drug-likeness (QED) is 0.168. The molecular formula is C23H41BrN2O3S. The van der Waals surface area contributed by atoms with Crippen LogP contribution in [0, 0.1) is 0 Å². The molecular weight excluding hydrogens is 464 g/mol. The van der Waals surface area contributed by atoms with Crippen LogP contribution in [0.2, 0.25) is 0 Å². The molecule has 0 saturated heterocycles. The molecule has 0 saturated carbocycles. The molecule has 30 heavy (non-hydrogen) atoms. The Morgan fingerprint density at radius 2 is 1.33 bits per heavy atom. The zero-order valence-electron chi connectivity index (χ0n) is 19.3. The van der Waals surface area contributed by atoms with Gasteiger partial charge in [-0.15, -0.1) is 0 Å². The van der Waals surface area contributed by atoms with Gasteiger partial charge in [0.05, 0.1) is 26.2 Å². The topological polar surface area (TPSA) is 70.1 Å². The van der Waals surface area contributed by atoms with E-state index in [2.05, 4.69) is 48.6 Å². The Morgan fingerprint density at radius 3 is 1.63 bits per heavy atom. The second kappa shape index (κ2) is 16.9. The van der Waals surface area contributed by atoms with Crippen molar-refractivity contribution in [1.82, 2.24) is 4.98 Å². The van der Waals surface area contributed by atoms with Gasteiger partial charge in [0, 0.05) is 11.6 Å². The molecule has 0 radical (unpaired) electrons. The first-order chi connectivity index (χ1) is 14.2. The predicted octanol–water partition coefficient (Wildman–Crippen LogP) is 6.36. The molecule has 0 aliphatic heterocycles. The maximum atomic E-state index is 10.2. The maximum Gasteiger partial charge on any atom is 0.117 e. The molecule has 0 aromatic carbocycles. The summed E-state index contributed by atoms with van der Waals surface area (Å²) in [5.41, 5.74) is 0.558. The van der Waals surface area contributed by atoms with Crippen molar-refractivity contribution in [2.75, 3.05) is 26.2 Å². The highest BCUT2D eigenvalue weighted by molar-refractivity contribution is 9.10. The Labute approximate surface area is 193 Å². The number of nitrogens with zero attached hydrogens (tertiary/aromatic N) is 2. The van der Waals surface area contributed by atoms with Crippen LogP contribution in [0.25, 0.3) is 6.08 Å². The normalized spacial score (nSPS) is 12.1. The lowest BCUT2D eigenvalue weighted by Gasteiger charge is -2.39. The largest absolute Gasteiger partial charge is 0.744 e. The molecule has 1 rings (SSSR count). The van der Waals surface area contributed by atoms with Gasteiger partial charge in [0.2, 0.25) is 0 Å². The average Bonchev–Trinajstić information content (AvgIpc) is 2.72. The molecule has 0 N–H and O–H groups in total. The van der Waals surface area contributed by atoms with Crippen LogP contribution in [0.5, 0.6) is 0 Å². The van der Waals surface area contributed by atoms with Gasteiger partial charge >= 0.3 is 0 Å². The summed E-state index contributed by atoms with van der Waals surface area (Å²) in [6.07, 6.45) is 13.7. The van der Waals surface area contributed by atoms with Crippen molar-refractivity contribution in [3.63, 3.8) is 0 Å². The smallest absolute Gasteiger partial charge is 0.117 e. The molecule has 1 heterocycles. The van der Waals surface area contributed by atoms with Gasteiger partial charge < -0.3 is 9.04 Å². The van der Waals surface area contributed by atoms with Crippen LogP contribution in [-0.2, 0) is 10.1 Å². The molecule has 0 unspecified atom stereocenters. The van der Waals surface area contributed by atoms with E-state index < -0.39 is 10.1 Å². The fourth-order valence-electron chi connectivity index (χ4n) is 3.29. The van der Waals surface area contributed by atoms with Crippen LogP contribution in [0.3, 0.4) is 0 Å². The molecule has 174 valence electrons. The molecule has 0 amide bonds. The molecule has 0 fully saturated rings. The lowest BCUT2D eigenvalue weighted by Crippen LogP contribution is -2.50. The lowest BCUT2D eigenvalue weighted by atomic mass is 10.1. The Morgan fingerprint density at radius 1 is 0.900 bits per heavy atom. The second-order valence-corrected chi connectivity index (χ2v) is 9.93. The molecule has 1 aromatic heterocycles. The van der Waals surface area contributed by atoms with Gasteiger partial charge in [0.25, 0.3) is 0 Å². The van der Waals surface area contributed by atoms with Crippen LogP contribution in [0.15, 0.2) is 28.3 Å². The second-order valence-electron chi connectivity index (χ2n) is 7.86. The van der Waals surface area contributed by atoms with Crippen molar-refractivity contribution in [2.24, 2.45) is 0 Å². The van der Waals surface area contributed by atoms with Gasteiger partial charge in [-0.1, -0.05) is 59.4 Å². The third-order valence-electron chi connectivity index (χ3n) is 5.12. The van der Waals surface area contributed by atoms with Gasteiger partial charge in [0.1, 0.15) is 14.7 Å². The van der Waals surface area contributed by atoms with Crippen LogP contribution in [0.4, 0.5) is 0 Å². The predicted molar refractivity (Wildman–Crippen MR) is 130 cm³/mol. The fraction of sp³-hybridized carbons (Fsp3) is 0.696. The van der Waals surface area contributed by atoms with Crippen molar-refractivity contribution in [3.8, 4) is 0 Å². The number of hydrogen-bond acceptors (Lipinski definition) is 4. The minimum absolute atomic E-state index is 0.558. The van der Waals surface area contributed by atoms with Gasteiger partial charge in [-0.2, -0.15) is 0 Å². The van der Waals surface area contributed by atoms with E-state index in [1.165, 1.54) is 94.3 Å². The Balaban J connectivity index is 0.000000579. The summed E-state index contributed by atoms with van der Waals surface area (Å²) >= 11 is 3.12. The maximum absolute atomic E-state index is 10.2. The number of hydrogen-bond donors (Lipinski definition) is 0. The molecule has 0 aliphatic carbocycles. The van der Waals surface area contributed by atoms with Crippen molar-refractivity contribution < 1.29 is 17.5 Å². The molecule has 0 aliphatic rings. The van der Waals surface area contributed by atoms with Crippen LogP contribution >= 0.6 is 15.9 Å². The van der Waals surface area contributed by atoms with E-state index >= 15 is 0 Å². The van der Waals surface area contributed by atoms with E-state index in [-0.39, 0.29) is 0 Å². The molecule has 5 nitrogen and oxygen atoms in total. The number of halogens is 1. The number of aromatic nitrogens is 1. The minimum atomic E-state index is -4.30. The average molecular weight is 506 g/mol. The summed E-state index contributed by atoms with van der Waals surface area (Å²) < 4.78 is 32.7. The lowest BCUT2D eigenvalue weighted by molar-refractivity contribution is -0.929. The summed E-state index contributed by atoms with van der Waals surface area (Å²) in [7, 11) is -4.30. The van der Waals surface area contributed by atoms with Gasteiger partial charge in [-0.25, -0.2) is 13.4 Å². The summed E-state index contributed by atoms with van der Waals surface area (Å²) in [6, 6.07) is 3.29. The number of pyridine rings is 1. The van der Waals surface area contributed by atoms with Crippen molar-refractivity contribution >= 4 is 32.1 Å². The van der Waals surface area contributed by atoms with Crippen LogP contribution in [-0.4, -0.2) is 48.6 Å². The van der Waals surface area contributed by atoms with E-state index in [1.54, 1.807) is 12.1 Å². The van der Waals surface area contributed by atoms with Crippen LogP contribution in [0.1, 0.15) is 84.6 Å². The van der Waals surface area contributed by atoms with E-state index in [9.17, 15) is 13.0 Å². The van der Waals surface area contributed by atoms with E-state index in [0.29, 0.717) is 15.6 Å². The third kappa shape index (κ3) is 15.1.